The number of hydrogen-bond donors (Lipinski definition) is 2. The van der Waals surface area contributed by atoms with Crippen molar-refractivity contribution in [2.45, 2.75) is 31.2 Å². The number of benzene rings is 2. The predicted molar refractivity (Wildman–Crippen MR) is 103 cm³/mol. The first kappa shape index (κ1) is 19.3. The highest BCUT2D eigenvalue weighted by molar-refractivity contribution is 7.80. The molecule has 1 unspecified atom stereocenters. The van der Waals surface area contributed by atoms with Crippen LogP contribution in [0.3, 0.4) is 0 Å². The first-order valence-electron chi connectivity index (χ1n) is 8.49. The van der Waals surface area contributed by atoms with Gasteiger partial charge < -0.3 is 14.8 Å². The summed E-state index contributed by atoms with van der Waals surface area (Å²) in [6.07, 6.45) is 1.69. The summed E-state index contributed by atoms with van der Waals surface area (Å²) in [5.74, 6) is 1.54. The Labute approximate surface area is 155 Å². The fraction of sp³-hybridized carbons (Fsp3) is 0.350. The van der Waals surface area contributed by atoms with Gasteiger partial charge in [0.05, 0.1) is 6.61 Å². The Hall–Kier alpha value is -1.98. The summed E-state index contributed by atoms with van der Waals surface area (Å²) in [7, 11) is 0. The molecule has 0 aromatic heterocycles. The molecular formula is C20H25NO3S. The molecule has 1 atom stereocenters. The number of thiol groups is 1. The Bertz CT molecular complexity index is 690. The molecule has 4 nitrogen and oxygen atoms in total. The molecule has 0 spiro atoms. The van der Waals surface area contributed by atoms with E-state index in [1.807, 2.05) is 49.4 Å². The second-order valence-corrected chi connectivity index (χ2v) is 6.28. The van der Waals surface area contributed by atoms with Gasteiger partial charge in [-0.3, -0.25) is 4.79 Å². The monoisotopic (exact) mass is 359 g/mol. The van der Waals surface area contributed by atoms with Gasteiger partial charge >= 0.3 is 0 Å². The second kappa shape index (κ2) is 10.1. The van der Waals surface area contributed by atoms with Gasteiger partial charge in [0, 0.05) is 23.0 Å². The van der Waals surface area contributed by atoms with Crippen molar-refractivity contribution >= 4 is 18.9 Å². The number of rotatable bonds is 10. The van der Waals surface area contributed by atoms with Crippen molar-refractivity contribution in [1.82, 2.24) is 5.32 Å². The van der Waals surface area contributed by atoms with Gasteiger partial charge in [-0.2, -0.15) is 0 Å². The third-order valence-electron chi connectivity index (χ3n) is 3.77. The molecule has 0 heterocycles. The van der Waals surface area contributed by atoms with E-state index in [1.54, 1.807) is 0 Å². The zero-order valence-corrected chi connectivity index (χ0v) is 15.6. The molecule has 0 aliphatic carbocycles. The van der Waals surface area contributed by atoms with Gasteiger partial charge in [0.2, 0.25) is 0 Å². The molecule has 0 aliphatic heterocycles. The number of hydrogen-bond acceptors (Lipinski definition) is 5. The van der Waals surface area contributed by atoms with Crippen molar-refractivity contribution in [3.05, 3.63) is 53.6 Å². The molecule has 0 aliphatic rings. The number of nitrogens with one attached hydrogen (secondary N) is 1. The van der Waals surface area contributed by atoms with E-state index in [9.17, 15) is 4.79 Å². The minimum absolute atomic E-state index is 0.292. The van der Waals surface area contributed by atoms with Crippen LogP contribution in [0.1, 0.15) is 29.8 Å². The lowest BCUT2D eigenvalue weighted by atomic mass is 10.1. The maximum absolute atomic E-state index is 10.8. The molecule has 0 saturated heterocycles. The highest BCUT2D eigenvalue weighted by atomic mass is 32.1. The lowest BCUT2D eigenvalue weighted by Crippen LogP contribution is -2.31. The van der Waals surface area contributed by atoms with Crippen LogP contribution in [0.25, 0.3) is 0 Å². The minimum atomic E-state index is 0.292. The molecule has 2 aromatic carbocycles. The van der Waals surface area contributed by atoms with Crippen LogP contribution in [0.15, 0.2) is 47.4 Å². The first-order valence-corrected chi connectivity index (χ1v) is 8.93. The number of para-hydroxylation sites is 2. The van der Waals surface area contributed by atoms with Crippen molar-refractivity contribution in [3.8, 4) is 11.5 Å². The largest absolute Gasteiger partial charge is 0.490 e. The molecule has 1 N–H and O–H groups in total. The summed E-state index contributed by atoms with van der Waals surface area (Å²) in [6, 6.07) is 13.7. The highest BCUT2D eigenvalue weighted by Gasteiger charge is 2.07. The summed E-state index contributed by atoms with van der Waals surface area (Å²) >= 11 is 4.34. The minimum Gasteiger partial charge on any atom is -0.490 e. The van der Waals surface area contributed by atoms with Crippen molar-refractivity contribution in [2.75, 3.05) is 19.8 Å². The molecule has 0 bridgehead atoms. The third kappa shape index (κ3) is 6.11. The van der Waals surface area contributed by atoms with Crippen molar-refractivity contribution in [3.63, 3.8) is 0 Å². The third-order valence-corrected chi connectivity index (χ3v) is 4.15. The molecule has 0 radical (unpaired) electrons. The molecule has 5 heteroatoms. The van der Waals surface area contributed by atoms with Crippen LogP contribution in [0.2, 0.25) is 0 Å². The van der Waals surface area contributed by atoms with Gasteiger partial charge in [0.25, 0.3) is 0 Å². The normalized spacial score (nSPS) is 11.8. The van der Waals surface area contributed by atoms with E-state index >= 15 is 0 Å². The average molecular weight is 359 g/mol. The maximum Gasteiger partial charge on any atom is 0.161 e. The molecule has 25 heavy (non-hydrogen) atoms. The lowest BCUT2D eigenvalue weighted by Gasteiger charge is -2.16. The smallest absolute Gasteiger partial charge is 0.161 e. The van der Waals surface area contributed by atoms with Gasteiger partial charge in [-0.1, -0.05) is 24.3 Å². The standard InChI is InChI=1S/C20H25NO3S/c1-3-23-18-6-4-5-7-19(18)24-11-10-21-15(2)12-16-8-9-17(14-22)20(25)13-16/h4-9,13-15,21,25H,3,10-12H2,1-2H3. The fourth-order valence-corrected chi connectivity index (χ4v) is 2.85. The predicted octanol–water partition coefficient (Wildman–Crippen LogP) is 3.79. The first-order chi connectivity index (χ1) is 12.1. The van der Waals surface area contributed by atoms with E-state index in [2.05, 4.69) is 24.9 Å². The van der Waals surface area contributed by atoms with Gasteiger partial charge in [-0.05, 0) is 44.0 Å². The SMILES string of the molecule is CCOc1ccccc1OCCNC(C)Cc1ccc(C=O)c(S)c1. The summed E-state index contributed by atoms with van der Waals surface area (Å²) in [6.45, 7) is 6.00. The summed E-state index contributed by atoms with van der Waals surface area (Å²) in [4.78, 5) is 11.6. The van der Waals surface area contributed by atoms with Gasteiger partial charge in [0.15, 0.2) is 17.8 Å². The molecule has 0 amide bonds. The summed E-state index contributed by atoms with van der Waals surface area (Å²) < 4.78 is 11.3. The molecule has 2 aromatic rings. The van der Waals surface area contributed by atoms with Crippen molar-refractivity contribution in [1.29, 1.82) is 0 Å². The molecule has 2 rings (SSSR count). The van der Waals surface area contributed by atoms with Crippen LogP contribution in [-0.2, 0) is 6.42 Å². The Kier molecular flexibility index (Phi) is 7.82. The van der Waals surface area contributed by atoms with Crippen LogP contribution in [-0.4, -0.2) is 32.1 Å². The summed E-state index contributed by atoms with van der Waals surface area (Å²) in [5.41, 5.74) is 1.77. The fourth-order valence-electron chi connectivity index (χ4n) is 2.55. The van der Waals surface area contributed by atoms with E-state index in [0.717, 1.165) is 41.2 Å². The van der Waals surface area contributed by atoms with Crippen molar-refractivity contribution < 1.29 is 14.3 Å². The zero-order valence-electron chi connectivity index (χ0n) is 14.7. The number of carbonyl (C=O) groups excluding carboxylic acids is 1. The van der Waals surface area contributed by atoms with E-state index in [1.165, 1.54) is 0 Å². The second-order valence-electron chi connectivity index (χ2n) is 5.80. The summed E-state index contributed by atoms with van der Waals surface area (Å²) in [5, 5.41) is 3.44. The number of aldehydes is 1. The average Bonchev–Trinajstić information content (AvgIpc) is 2.60. The molecular weight excluding hydrogens is 334 g/mol. The quantitative estimate of drug-likeness (QED) is 0.385. The molecule has 134 valence electrons. The topological polar surface area (TPSA) is 47.6 Å². The van der Waals surface area contributed by atoms with Crippen LogP contribution in [0.4, 0.5) is 0 Å². The van der Waals surface area contributed by atoms with E-state index < -0.39 is 0 Å². The Morgan fingerprint density at radius 1 is 1.16 bits per heavy atom. The van der Waals surface area contributed by atoms with E-state index in [0.29, 0.717) is 24.8 Å². The van der Waals surface area contributed by atoms with Crippen LogP contribution < -0.4 is 14.8 Å². The van der Waals surface area contributed by atoms with Crippen molar-refractivity contribution in [2.24, 2.45) is 0 Å². The van der Waals surface area contributed by atoms with Gasteiger partial charge in [0.1, 0.15) is 6.61 Å². The maximum atomic E-state index is 10.8. The zero-order chi connectivity index (χ0) is 18.1. The van der Waals surface area contributed by atoms with E-state index in [4.69, 9.17) is 9.47 Å². The molecule has 0 saturated carbocycles. The van der Waals surface area contributed by atoms with Gasteiger partial charge in [-0.25, -0.2) is 0 Å². The lowest BCUT2D eigenvalue weighted by molar-refractivity contribution is 0.112. The number of ether oxygens (including phenoxy) is 2. The van der Waals surface area contributed by atoms with Crippen LogP contribution in [0, 0.1) is 0 Å². The Morgan fingerprint density at radius 3 is 2.52 bits per heavy atom. The molecule has 0 fully saturated rings. The van der Waals surface area contributed by atoms with Crippen LogP contribution in [0.5, 0.6) is 11.5 Å². The van der Waals surface area contributed by atoms with Crippen LogP contribution >= 0.6 is 12.6 Å². The van der Waals surface area contributed by atoms with E-state index in [-0.39, 0.29) is 0 Å². The Balaban J connectivity index is 1.76. The van der Waals surface area contributed by atoms with Gasteiger partial charge in [-0.15, -0.1) is 12.6 Å². The Morgan fingerprint density at radius 2 is 1.88 bits per heavy atom. The number of carbonyl (C=O) groups is 1. The highest BCUT2D eigenvalue weighted by Crippen LogP contribution is 2.26.